The molecule has 0 spiro atoms. The number of hydrogen-bond donors (Lipinski definition) is 4. The number of carbonyl (C=O) groups is 3. The first-order chi connectivity index (χ1) is 18.0. The first kappa shape index (κ1) is 30.9. The topological polar surface area (TPSA) is 132 Å². The molecule has 0 bridgehead atoms. The predicted octanol–water partition coefficient (Wildman–Crippen LogP) is 4.32. The lowest BCUT2D eigenvalue weighted by molar-refractivity contribution is -0.192. The van der Waals surface area contributed by atoms with Crippen LogP contribution in [0.25, 0.3) is 0 Å². The van der Waals surface area contributed by atoms with E-state index in [1.165, 1.54) is 6.42 Å². The summed E-state index contributed by atoms with van der Waals surface area (Å²) in [6.07, 6.45) is 1.60. The summed E-state index contributed by atoms with van der Waals surface area (Å²) in [6, 6.07) is 9.00. The van der Waals surface area contributed by atoms with Gasteiger partial charge in [-0.15, -0.1) is 0 Å². The average molecular weight is 543 g/mol. The minimum Gasteiger partial charge on any atom is -0.475 e. The zero-order valence-electron chi connectivity index (χ0n) is 21.6. The highest BCUT2D eigenvalue weighted by Crippen LogP contribution is 2.27. The molecule has 0 radical (unpaired) electrons. The van der Waals surface area contributed by atoms with E-state index in [1.807, 2.05) is 37.3 Å². The molecule has 2 fully saturated rings. The van der Waals surface area contributed by atoms with Gasteiger partial charge in [-0.1, -0.05) is 49.6 Å². The molecule has 1 aliphatic carbocycles. The van der Waals surface area contributed by atoms with E-state index < -0.39 is 24.3 Å². The Hall–Kier alpha value is -3.31. The summed E-state index contributed by atoms with van der Waals surface area (Å²) in [5.41, 5.74) is 0.919. The normalized spacial score (nSPS) is 17.4. The second-order valence-corrected chi connectivity index (χ2v) is 9.65. The molecule has 2 aliphatic rings. The van der Waals surface area contributed by atoms with Crippen molar-refractivity contribution in [3.63, 3.8) is 0 Å². The lowest BCUT2D eigenvalue weighted by Gasteiger charge is -2.34. The van der Waals surface area contributed by atoms with Crippen LogP contribution < -0.4 is 10.6 Å². The van der Waals surface area contributed by atoms with Gasteiger partial charge in [0.25, 0.3) is 0 Å². The number of benzene rings is 1. The van der Waals surface area contributed by atoms with Crippen LogP contribution in [0, 0.1) is 17.2 Å². The van der Waals surface area contributed by atoms with Crippen molar-refractivity contribution < 1.29 is 37.4 Å². The maximum absolute atomic E-state index is 13.0. The summed E-state index contributed by atoms with van der Waals surface area (Å²) in [4.78, 5) is 36.5. The van der Waals surface area contributed by atoms with E-state index in [9.17, 15) is 22.8 Å². The van der Waals surface area contributed by atoms with Crippen molar-refractivity contribution in [3.8, 4) is 0 Å². The Morgan fingerprint density at radius 1 is 1.08 bits per heavy atom. The Labute approximate surface area is 220 Å². The van der Waals surface area contributed by atoms with E-state index >= 15 is 0 Å². The first-order valence-electron chi connectivity index (χ1n) is 12.8. The fourth-order valence-electron chi connectivity index (χ4n) is 4.58. The first-order valence-corrected chi connectivity index (χ1v) is 12.8. The molecule has 4 N–H and O–H groups in total. The average Bonchev–Trinajstić information content (AvgIpc) is 2.90. The number of rotatable bonds is 7. The minimum absolute atomic E-state index is 0.103. The van der Waals surface area contributed by atoms with Crippen LogP contribution in [0.2, 0.25) is 0 Å². The zero-order valence-corrected chi connectivity index (χ0v) is 21.6. The summed E-state index contributed by atoms with van der Waals surface area (Å²) in [5.74, 6) is -1.68. The van der Waals surface area contributed by atoms with Gasteiger partial charge in [0.15, 0.2) is 0 Å². The van der Waals surface area contributed by atoms with Crippen molar-refractivity contribution >= 4 is 23.8 Å². The molecule has 9 nitrogen and oxygen atoms in total. The number of alkyl halides is 3. The van der Waals surface area contributed by atoms with Gasteiger partial charge in [0.05, 0.1) is 5.84 Å². The van der Waals surface area contributed by atoms with Gasteiger partial charge in [0, 0.05) is 19.6 Å². The van der Waals surface area contributed by atoms with Crippen LogP contribution in [-0.4, -0.2) is 65.7 Å². The molecule has 2 amide bonds. The van der Waals surface area contributed by atoms with Crippen LogP contribution in [0.15, 0.2) is 30.3 Å². The summed E-state index contributed by atoms with van der Waals surface area (Å²) in [5, 5.41) is 20.8. The van der Waals surface area contributed by atoms with Gasteiger partial charge in [0.1, 0.15) is 12.6 Å². The van der Waals surface area contributed by atoms with Gasteiger partial charge in [-0.3, -0.25) is 10.2 Å². The van der Waals surface area contributed by atoms with Crippen molar-refractivity contribution in [2.45, 2.75) is 70.7 Å². The molecular weight excluding hydrogens is 505 g/mol. The van der Waals surface area contributed by atoms with Gasteiger partial charge in [0.2, 0.25) is 5.91 Å². The number of aliphatic carboxylic acids is 1. The molecule has 1 aromatic carbocycles. The van der Waals surface area contributed by atoms with Gasteiger partial charge >= 0.3 is 18.2 Å². The highest BCUT2D eigenvalue weighted by Gasteiger charge is 2.38. The number of amidine groups is 1. The predicted molar refractivity (Wildman–Crippen MR) is 135 cm³/mol. The number of hydrogen-bond acceptors (Lipinski definition) is 5. The maximum atomic E-state index is 13.0. The summed E-state index contributed by atoms with van der Waals surface area (Å²) < 4.78 is 37.1. The largest absolute Gasteiger partial charge is 0.490 e. The van der Waals surface area contributed by atoms with Gasteiger partial charge in [-0.2, -0.15) is 13.2 Å². The number of halogens is 3. The molecule has 212 valence electrons. The number of carboxylic acids is 1. The smallest absolute Gasteiger partial charge is 0.475 e. The molecular formula is C26H37F3N4O5. The molecule has 1 aromatic rings. The van der Waals surface area contributed by atoms with Crippen molar-refractivity contribution in [1.29, 1.82) is 5.41 Å². The Bertz CT molecular complexity index is 915. The molecule has 0 unspecified atom stereocenters. The monoisotopic (exact) mass is 542 g/mol. The van der Waals surface area contributed by atoms with Crippen LogP contribution in [0.4, 0.5) is 18.0 Å². The quantitative estimate of drug-likeness (QED) is 0.300. The number of piperidine rings is 1. The zero-order chi connectivity index (χ0) is 28.1. The molecule has 1 aliphatic heterocycles. The van der Waals surface area contributed by atoms with Crippen molar-refractivity contribution in [2.75, 3.05) is 19.6 Å². The standard InChI is InChI=1S/C24H36N4O3.C2HF3O2/c1-18(25)28-14-12-19(13-15-28)16-26-23(29)22(21-10-6-3-7-11-21)27-24(30)31-17-20-8-4-2-5-9-20;3-2(4,5)1(6)7/h2,4-5,8-9,19,21-22,25H,3,6-7,10-17H2,1H3,(H,26,29)(H,27,30);(H,6,7)/t22-;/m0./s1. The molecule has 38 heavy (non-hydrogen) atoms. The van der Waals surface area contributed by atoms with E-state index in [-0.39, 0.29) is 18.4 Å². The molecule has 0 aromatic heterocycles. The molecule has 12 heteroatoms. The highest BCUT2D eigenvalue weighted by molar-refractivity contribution is 5.86. The van der Waals surface area contributed by atoms with E-state index in [2.05, 4.69) is 15.5 Å². The third-order valence-electron chi connectivity index (χ3n) is 6.79. The van der Waals surface area contributed by atoms with E-state index in [0.29, 0.717) is 18.3 Å². The second kappa shape index (κ2) is 15.2. The van der Waals surface area contributed by atoms with Crippen molar-refractivity contribution in [2.24, 2.45) is 11.8 Å². The number of nitrogens with one attached hydrogen (secondary N) is 3. The minimum atomic E-state index is -5.08. The molecule has 3 rings (SSSR count). The third kappa shape index (κ3) is 11.0. The van der Waals surface area contributed by atoms with E-state index in [0.717, 1.165) is 57.2 Å². The van der Waals surface area contributed by atoms with Gasteiger partial charge in [-0.05, 0) is 50.0 Å². The summed E-state index contributed by atoms with van der Waals surface area (Å²) >= 11 is 0. The third-order valence-corrected chi connectivity index (χ3v) is 6.79. The van der Waals surface area contributed by atoms with Crippen LogP contribution in [-0.2, 0) is 20.9 Å². The highest BCUT2D eigenvalue weighted by atomic mass is 19.4. The number of carboxylic acid groups (broad SMARTS) is 1. The van der Waals surface area contributed by atoms with Crippen LogP contribution >= 0.6 is 0 Å². The Kier molecular flexibility index (Phi) is 12.4. The second-order valence-electron chi connectivity index (χ2n) is 9.65. The number of ether oxygens (including phenoxy) is 1. The SMILES string of the molecule is CC(=N)N1CCC(CNC(=O)[C@@H](NC(=O)OCc2ccccc2)C2CCCCC2)CC1.O=C(O)C(F)(F)F. The number of amides is 2. The number of carbonyl (C=O) groups excluding carboxylic acids is 2. The molecule has 1 heterocycles. The molecule has 1 atom stereocenters. The number of likely N-dealkylation sites (tertiary alicyclic amines) is 1. The number of alkyl carbamates (subject to hydrolysis) is 1. The fraction of sp³-hybridized carbons (Fsp3) is 0.615. The molecule has 1 saturated heterocycles. The Morgan fingerprint density at radius 2 is 1.66 bits per heavy atom. The van der Waals surface area contributed by atoms with Crippen molar-refractivity contribution in [3.05, 3.63) is 35.9 Å². The Balaban J connectivity index is 0.000000638. The van der Waals surface area contributed by atoms with E-state index in [4.69, 9.17) is 20.0 Å². The Morgan fingerprint density at radius 3 is 2.18 bits per heavy atom. The summed E-state index contributed by atoms with van der Waals surface area (Å²) in [7, 11) is 0. The van der Waals surface area contributed by atoms with E-state index in [1.54, 1.807) is 0 Å². The summed E-state index contributed by atoms with van der Waals surface area (Å²) in [6.45, 7) is 4.36. The van der Waals surface area contributed by atoms with Crippen LogP contribution in [0.3, 0.4) is 0 Å². The van der Waals surface area contributed by atoms with Crippen LogP contribution in [0.1, 0.15) is 57.4 Å². The number of nitrogens with zero attached hydrogens (tertiary/aromatic N) is 1. The maximum Gasteiger partial charge on any atom is 0.490 e. The van der Waals surface area contributed by atoms with Gasteiger partial charge in [-0.25, -0.2) is 9.59 Å². The lowest BCUT2D eigenvalue weighted by atomic mass is 9.83. The molecule has 1 saturated carbocycles. The van der Waals surface area contributed by atoms with Crippen molar-refractivity contribution in [1.82, 2.24) is 15.5 Å². The fourth-order valence-corrected chi connectivity index (χ4v) is 4.58. The van der Waals surface area contributed by atoms with Crippen LogP contribution in [0.5, 0.6) is 0 Å². The van der Waals surface area contributed by atoms with Gasteiger partial charge < -0.3 is 25.4 Å². The lowest BCUT2D eigenvalue weighted by Crippen LogP contribution is -2.52.